The summed E-state index contributed by atoms with van der Waals surface area (Å²) in [5.74, 6) is 0.920. The highest BCUT2D eigenvalue weighted by Crippen LogP contribution is 2.47. The number of rotatable bonds is 5. The van der Waals surface area contributed by atoms with Crippen LogP contribution in [0.5, 0.6) is 0 Å². The first-order chi connectivity index (χ1) is 16.7. The lowest BCUT2D eigenvalue weighted by molar-refractivity contribution is -0.138. The largest absolute Gasteiger partial charge is 0.416 e. The molecule has 0 bridgehead atoms. The van der Waals surface area contributed by atoms with Crippen LogP contribution in [0.15, 0.2) is 36.4 Å². The average molecular weight is 541 g/mol. The lowest BCUT2D eigenvalue weighted by atomic mass is 9.97. The van der Waals surface area contributed by atoms with Gasteiger partial charge in [0.2, 0.25) is 10.0 Å². The zero-order valence-electron chi connectivity index (χ0n) is 20.4. The maximum atomic E-state index is 13.8. The first-order valence-electron chi connectivity index (χ1n) is 11.4. The van der Waals surface area contributed by atoms with Crippen molar-refractivity contribution in [3.63, 3.8) is 0 Å². The second-order valence-electron chi connectivity index (χ2n) is 9.20. The third-order valence-electron chi connectivity index (χ3n) is 6.65. The molecule has 1 N–H and O–H groups in total. The molecule has 36 heavy (non-hydrogen) atoms. The summed E-state index contributed by atoms with van der Waals surface area (Å²) in [7, 11) is -6.20. The zero-order valence-corrected chi connectivity index (χ0v) is 22.1. The Balaban J connectivity index is 1.69. The van der Waals surface area contributed by atoms with Crippen LogP contribution in [-0.4, -0.2) is 54.4 Å². The fourth-order valence-electron chi connectivity index (χ4n) is 4.67. The fraction of sp³-hybridized carbons (Fsp3) is 0.417. The molecule has 0 unspecified atom stereocenters. The molecule has 2 aromatic carbocycles. The van der Waals surface area contributed by atoms with E-state index in [4.69, 9.17) is 0 Å². The number of halogens is 3. The van der Waals surface area contributed by atoms with Crippen molar-refractivity contribution in [3.05, 3.63) is 58.9 Å². The van der Waals surface area contributed by atoms with Gasteiger partial charge >= 0.3 is 6.18 Å². The number of alkyl halides is 3. The summed E-state index contributed by atoms with van der Waals surface area (Å²) >= 11 is 0. The highest BCUT2D eigenvalue weighted by Gasteiger charge is 2.35. The van der Waals surface area contributed by atoms with E-state index in [-0.39, 0.29) is 31.0 Å². The number of fused-ring (bicyclic) bond motifs is 1. The third-order valence-corrected chi connectivity index (χ3v) is 11.0. The predicted octanol–water partition coefficient (Wildman–Crippen LogP) is 4.70. The van der Waals surface area contributed by atoms with Crippen molar-refractivity contribution in [3.8, 4) is 0 Å². The third kappa shape index (κ3) is 5.28. The molecule has 4 rings (SSSR count). The Morgan fingerprint density at radius 2 is 1.75 bits per heavy atom. The topological polar surface area (TPSA) is 92.3 Å². The van der Waals surface area contributed by atoms with Gasteiger partial charge in [-0.3, -0.25) is 0 Å². The lowest BCUT2D eigenvalue weighted by Crippen LogP contribution is -2.40. The molecule has 2 heterocycles. The van der Waals surface area contributed by atoms with Gasteiger partial charge in [-0.1, -0.05) is 12.1 Å². The SMILES string of the molecule is Cc1nc(N[C@H](C)c2cccc(C(F)(F)F)c2C)c2cc(P3(=O)CCN(S(C)(=O)=O)CC3)ccc2n1. The highest BCUT2D eigenvalue weighted by molar-refractivity contribution is 7.88. The van der Waals surface area contributed by atoms with Crippen molar-refractivity contribution in [1.82, 2.24) is 14.3 Å². The molecule has 1 aromatic heterocycles. The zero-order chi connectivity index (χ0) is 26.5. The molecule has 0 radical (unpaired) electrons. The van der Waals surface area contributed by atoms with E-state index in [1.165, 1.54) is 17.3 Å². The Bertz CT molecular complexity index is 1470. The standard InChI is InChI=1S/C24H28F3N4O3PS/c1-15-19(6-5-7-21(15)24(25,26)27)16(2)28-23-20-14-18(8-9-22(20)29-17(3)30-23)35(32)12-10-31(11-13-35)36(4,33)34/h5-9,14,16H,10-13H2,1-4H3,(H,28,29,30)/t16-/m1/s1. The molecule has 1 fully saturated rings. The molecule has 7 nitrogen and oxygen atoms in total. The Kier molecular flexibility index (Phi) is 6.96. The van der Waals surface area contributed by atoms with Crippen LogP contribution in [0.25, 0.3) is 10.9 Å². The van der Waals surface area contributed by atoms with Gasteiger partial charge in [0.1, 0.15) is 18.8 Å². The molecule has 1 aliphatic rings. The van der Waals surface area contributed by atoms with Crippen molar-refractivity contribution in [2.75, 3.05) is 37.0 Å². The van der Waals surface area contributed by atoms with Gasteiger partial charge in [0, 0.05) is 36.1 Å². The normalized spacial score (nSPS) is 17.8. The molecule has 12 heteroatoms. The first-order valence-corrected chi connectivity index (χ1v) is 15.4. The maximum absolute atomic E-state index is 13.8. The van der Waals surface area contributed by atoms with Crippen LogP contribution in [0.2, 0.25) is 0 Å². The summed E-state index contributed by atoms with van der Waals surface area (Å²) < 4.78 is 79.1. The van der Waals surface area contributed by atoms with E-state index in [2.05, 4.69) is 15.3 Å². The second kappa shape index (κ2) is 9.43. The molecular formula is C24H28F3N4O3PS. The quantitative estimate of drug-likeness (QED) is 0.472. The molecule has 0 amide bonds. The molecule has 0 aliphatic carbocycles. The minimum atomic E-state index is -4.45. The van der Waals surface area contributed by atoms with E-state index in [0.717, 1.165) is 12.3 Å². The Morgan fingerprint density at radius 3 is 2.36 bits per heavy atom. The van der Waals surface area contributed by atoms with E-state index in [9.17, 15) is 26.2 Å². The van der Waals surface area contributed by atoms with Crippen molar-refractivity contribution in [2.24, 2.45) is 0 Å². The molecule has 0 spiro atoms. The Labute approximate surface area is 208 Å². The predicted molar refractivity (Wildman–Crippen MR) is 136 cm³/mol. The van der Waals surface area contributed by atoms with Crippen LogP contribution < -0.4 is 10.6 Å². The van der Waals surface area contributed by atoms with Crippen molar-refractivity contribution >= 4 is 39.2 Å². The summed E-state index contributed by atoms with van der Waals surface area (Å²) in [5, 5.41) is 4.45. The Hall–Kier alpha value is -2.49. The van der Waals surface area contributed by atoms with E-state index in [1.807, 2.05) is 0 Å². The second-order valence-corrected chi connectivity index (χ2v) is 14.4. The van der Waals surface area contributed by atoms with Crippen molar-refractivity contribution < 1.29 is 26.2 Å². The van der Waals surface area contributed by atoms with Crippen LogP contribution in [0.3, 0.4) is 0 Å². The van der Waals surface area contributed by atoms with Crippen LogP contribution in [0.4, 0.5) is 19.0 Å². The minimum Gasteiger partial charge on any atom is -0.363 e. The summed E-state index contributed by atoms with van der Waals surface area (Å²) in [6, 6.07) is 8.89. The molecule has 3 aromatic rings. The van der Waals surface area contributed by atoms with Gasteiger partial charge in [-0.05, 0) is 56.2 Å². The number of hydrogen-bond donors (Lipinski definition) is 1. The molecule has 194 valence electrons. The van der Waals surface area contributed by atoms with Crippen LogP contribution in [0, 0.1) is 13.8 Å². The number of anilines is 1. The van der Waals surface area contributed by atoms with E-state index < -0.39 is 34.9 Å². The average Bonchev–Trinajstić information content (AvgIpc) is 2.77. The number of aromatic nitrogens is 2. The smallest absolute Gasteiger partial charge is 0.363 e. The van der Waals surface area contributed by atoms with Gasteiger partial charge in [-0.15, -0.1) is 0 Å². The first kappa shape index (κ1) is 26.6. The van der Waals surface area contributed by atoms with E-state index >= 15 is 0 Å². The number of benzene rings is 2. The summed E-state index contributed by atoms with van der Waals surface area (Å²) in [4.78, 5) is 8.96. The van der Waals surface area contributed by atoms with Gasteiger partial charge in [0.25, 0.3) is 0 Å². The summed E-state index contributed by atoms with van der Waals surface area (Å²) in [6.45, 7) is 5.32. The van der Waals surface area contributed by atoms with E-state index in [1.54, 1.807) is 38.1 Å². The van der Waals surface area contributed by atoms with Gasteiger partial charge < -0.3 is 9.88 Å². The molecule has 1 saturated heterocycles. The van der Waals surface area contributed by atoms with Crippen LogP contribution >= 0.6 is 7.14 Å². The number of sulfonamides is 1. The van der Waals surface area contributed by atoms with Crippen molar-refractivity contribution in [1.29, 1.82) is 0 Å². The van der Waals surface area contributed by atoms with Crippen LogP contribution in [-0.2, 0) is 20.8 Å². The van der Waals surface area contributed by atoms with Crippen LogP contribution in [0.1, 0.15) is 35.5 Å². The number of nitrogens with zero attached hydrogens (tertiary/aromatic N) is 3. The lowest BCUT2D eigenvalue weighted by Gasteiger charge is -2.31. The Morgan fingerprint density at radius 1 is 1.08 bits per heavy atom. The summed E-state index contributed by atoms with van der Waals surface area (Å²) in [6.07, 6.45) is -2.84. The van der Waals surface area contributed by atoms with Crippen molar-refractivity contribution in [2.45, 2.75) is 33.0 Å². The van der Waals surface area contributed by atoms with E-state index in [0.29, 0.717) is 33.4 Å². The van der Waals surface area contributed by atoms with Gasteiger partial charge in [0.05, 0.1) is 23.4 Å². The minimum absolute atomic E-state index is 0.142. The number of nitrogens with one attached hydrogen (secondary N) is 1. The monoisotopic (exact) mass is 540 g/mol. The number of aryl methyl sites for hydroxylation is 1. The fourth-order valence-corrected chi connectivity index (χ4v) is 8.36. The molecule has 1 aliphatic heterocycles. The molecule has 1 atom stereocenters. The molecular weight excluding hydrogens is 512 g/mol. The highest BCUT2D eigenvalue weighted by atomic mass is 32.2. The van der Waals surface area contributed by atoms with Gasteiger partial charge in [-0.25, -0.2) is 22.7 Å². The van der Waals surface area contributed by atoms with Gasteiger partial charge in [-0.2, -0.15) is 13.2 Å². The summed E-state index contributed by atoms with van der Waals surface area (Å²) in [5.41, 5.74) is 0.565. The molecule has 0 saturated carbocycles. The maximum Gasteiger partial charge on any atom is 0.416 e. The van der Waals surface area contributed by atoms with Gasteiger partial charge in [0.15, 0.2) is 0 Å². The number of hydrogen-bond acceptors (Lipinski definition) is 6.